The highest BCUT2D eigenvalue weighted by molar-refractivity contribution is 5.79. The predicted octanol–water partition coefficient (Wildman–Crippen LogP) is 2.84. The van der Waals surface area contributed by atoms with E-state index < -0.39 is 11.6 Å². The molecule has 0 spiro atoms. The summed E-state index contributed by atoms with van der Waals surface area (Å²) < 4.78 is 31.5. The van der Waals surface area contributed by atoms with E-state index in [-0.39, 0.29) is 12.4 Å². The lowest BCUT2D eigenvalue weighted by Crippen LogP contribution is -1.99. The second kappa shape index (κ2) is 5.95. The summed E-state index contributed by atoms with van der Waals surface area (Å²) in [5, 5.41) is 3.40. The first kappa shape index (κ1) is 13.0. The summed E-state index contributed by atoms with van der Waals surface area (Å²) in [4.78, 5) is 0. The molecule has 0 saturated heterocycles. The maximum Gasteiger partial charge on any atom is 0.200 e. The number of nitrogens with two attached hydrogens (primary N) is 1. The fraction of sp³-hybridized carbons (Fsp3) is 0.0714. The molecule has 5 heteroatoms. The van der Waals surface area contributed by atoms with Crippen LogP contribution in [0, 0.1) is 11.6 Å². The molecule has 0 bridgehead atoms. The van der Waals surface area contributed by atoms with Crippen molar-refractivity contribution in [2.75, 3.05) is 0 Å². The van der Waals surface area contributed by atoms with E-state index >= 15 is 0 Å². The molecular formula is C14H12F2N2O. The third-order valence-electron chi connectivity index (χ3n) is 2.51. The van der Waals surface area contributed by atoms with Gasteiger partial charge in [-0.2, -0.15) is 9.49 Å². The molecule has 0 atom stereocenters. The summed E-state index contributed by atoms with van der Waals surface area (Å²) >= 11 is 0. The van der Waals surface area contributed by atoms with E-state index in [2.05, 4.69) is 5.10 Å². The second-order valence-electron chi connectivity index (χ2n) is 3.86. The number of ether oxygens (including phenoxy) is 1. The van der Waals surface area contributed by atoms with E-state index in [1.807, 2.05) is 0 Å². The van der Waals surface area contributed by atoms with Gasteiger partial charge in [0.1, 0.15) is 6.61 Å². The van der Waals surface area contributed by atoms with E-state index in [0.29, 0.717) is 0 Å². The molecule has 2 rings (SSSR count). The highest BCUT2D eigenvalue weighted by Crippen LogP contribution is 2.20. The van der Waals surface area contributed by atoms with Crippen LogP contribution in [-0.2, 0) is 6.61 Å². The van der Waals surface area contributed by atoms with Crippen LogP contribution in [0.5, 0.6) is 5.75 Å². The molecule has 0 aliphatic heterocycles. The Hall–Kier alpha value is -2.43. The first-order valence-corrected chi connectivity index (χ1v) is 5.59. The smallest absolute Gasteiger partial charge is 0.200 e. The fourth-order valence-corrected chi connectivity index (χ4v) is 1.54. The summed E-state index contributed by atoms with van der Waals surface area (Å²) in [6.07, 6.45) is 1.51. The van der Waals surface area contributed by atoms with Crippen molar-refractivity contribution < 1.29 is 13.5 Å². The van der Waals surface area contributed by atoms with Gasteiger partial charge in [-0.15, -0.1) is 0 Å². The van der Waals surface area contributed by atoms with Gasteiger partial charge < -0.3 is 10.6 Å². The number of rotatable bonds is 4. The van der Waals surface area contributed by atoms with E-state index in [1.165, 1.54) is 18.3 Å². The Balaban J connectivity index is 2.04. The van der Waals surface area contributed by atoms with Crippen LogP contribution >= 0.6 is 0 Å². The van der Waals surface area contributed by atoms with Crippen LogP contribution in [0.1, 0.15) is 11.1 Å². The van der Waals surface area contributed by atoms with Crippen molar-refractivity contribution in [2.45, 2.75) is 6.61 Å². The average molecular weight is 262 g/mol. The molecular weight excluding hydrogens is 250 g/mol. The van der Waals surface area contributed by atoms with Gasteiger partial charge in [0.05, 0.1) is 6.21 Å². The maximum absolute atomic E-state index is 13.3. The quantitative estimate of drug-likeness (QED) is 0.523. The summed E-state index contributed by atoms with van der Waals surface area (Å²) in [7, 11) is 0. The molecule has 0 aliphatic carbocycles. The van der Waals surface area contributed by atoms with Crippen molar-refractivity contribution in [2.24, 2.45) is 10.9 Å². The summed E-state index contributed by atoms with van der Waals surface area (Å²) in [6, 6.07) is 11.0. The predicted molar refractivity (Wildman–Crippen MR) is 68.9 cm³/mol. The zero-order valence-corrected chi connectivity index (χ0v) is 10.0. The zero-order chi connectivity index (χ0) is 13.7. The highest BCUT2D eigenvalue weighted by atomic mass is 19.2. The minimum Gasteiger partial charge on any atom is -0.486 e. The van der Waals surface area contributed by atoms with Gasteiger partial charge in [-0.1, -0.05) is 30.3 Å². The Morgan fingerprint density at radius 2 is 1.84 bits per heavy atom. The van der Waals surface area contributed by atoms with E-state index in [0.717, 1.165) is 17.2 Å². The van der Waals surface area contributed by atoms with Crippen LogP contribution < -0.4 is 10.6 Å². The van der Waals surface area contributed by atoms with E-state index in [4.69, 9.17) is 10.6 Å². The zero-order valence-electron chi connectivity index (χ0n) is 10.0. The minimum atomic E-state index is -0.977. The summed E-state index contributed by atoms with van der Waals surface area (Å²) in [6.45, 7) is 0.153. The van der Waals surface area contributed by atoms with Crippen LogP contribution in [0.3, 0.4) is 0 Å². The Morgan fingerprint density at radius 1 is 1.11 bits per heavy atom. The van der Waals surface area contributed by atoms with Gasteiger partial charge in [0.15, 0.2) is 11.6 Å². The lowest BCUT2D eigenvalue weighted by Gasteiger charge is -2.07. The van der Waals surface area contributed by atoms with Crippen LogP contribution in [0.15, 0.2) is 47.6 Å². The Kier molecular flexibility index (Phi) is 4.07. The minimum absolute atomic E-state index is 0.104. The van der Waals surface area contributed by atoms with Gasteiger partial charge in [0, 0.05) is 0 Å². The lowest BCUT2D eigenvalue weighted by molar-refractivity contribution is 0.284. The normalized spacial score (nSPS) is 10.8. The number of hydrogen-bond acceptors (Lipinski definition) is 3. The molecule has 98 valence electrons. The standard InChI is InChI=1S/C14H12F2N2O/c15-12-2-1-3-13(14(12)16)19-9-11-6-4-10(5-7-11)8-18-17/h1-8H,9,17H2. The number of benzene rings is 2. The average Bonchev–Trinajstić information content (AvgIpc) is 2.42. The van der Waals surface area contributed by atoms with Gasteiger partial charge in [0.25, 0.3) is 0 Å². The van der Waals surface area contributed by atoms with Gasteiger partial charge in [-0.3, -0.25) is 0 Å². The first-order valence-electron chi connectivity index (χ1n) is 5.59. The molecule has 0 aromatic heterocycles. The van der Waals surface area contributed by atoms with E-state index in [1.54, 1.807) is 24.3 Å². The Morgan fingerprint density at radius 3 is 2.53 bits per heavy atom. The Bertz CT molecular complexity index is 582. The van der Waals surface area contributed by atoms with Crippen molar-refractivity contribution in [3.63, 3.8) is 0 Å². The molecule has 0 saturated carbocycles. The van der Waals surface area contributed by atoms with Gasteiger partial charge in [0.2, 0.25) is 5.82 Å². The largest absolute Gasteiger partial charge is 0.486 e. The Labute approximate surface area is 109 Å². The molecule has 0 unspecified atom stereocenters. The third-order valence-corrected chi connectivity index (χ3v) is 2.51. The molecule has 3 nitrogen and oxygen atoms in total. The second-order valence-corrected chi connectivity index (χ2v) is 3.86. The van der Waals surface area contributed by atoms with E-state index in [9.17, 15) is 8.78 Å². The number of halogens is 2. The van der Waals surface area contributed by atoms with Crippen molar-refractivity contribution in [1.29, 1.82) is 0 Å². The molecule has 19 heavy (non-hydrogen) atoms. The molecule has 0 aliphatic rings. The van der Waals surface area contributed by atoms with Gasteiger partial charge >= 0.3 is 0 Å². The first-order chi connectivity index (χ1) is 9.20. The number of hydrogen-bond donors (Lipinski definition) is 1. The molecule has 2 N–H and O–H groups in total. The number of nitrogens with zero attached hydrogens (tertiary/aromatic N) is 1. The maximum atomic E-state index is 13.3. The van der Waals surface area contributed by atoms with Crippen molar-refractivity contribution in [3.05, 3.63) is 65.2 Å². The molecule has 2 aromatic carbocycles. The van der Waals surface area contributed by atoms with Crippen molar-refractivity contribution in [3.8, 4) is 5.75 Å². The molecule has 0 heterocycles. The summed E-state index contributed by atoms with van der Waals surface area (Å²) in [5.41, 5.74) is 1.68. The third kappa shape index (κ3) is 3.28. The van der Waals surface area contributed by atoms with Gasteiger partial charge in [-0.05, 0) is 23.3 Å². The van der Waals surface area contributed by atoms with Crippen LogP contribution in [-0.4, -0.2) is 6.21 Å². The topological polar surface area (TPSA) is 47.6 Å². The number of hydrazone groups is 1. The fourth-order valence-electron chi connectivity index (χ4n) is 1.54. The summed E-state index contributed by atoms with van der Waals surface area (Å²) in [5.74, 6) is 3.03. The van der Waals surface area contributed by atoms with Crippen LogP contribution in [0.25, 0.3) is 0 Å². The van der Waals surface area contributed by atoms with Gasteiger partial charge in [-0.25, -0.2) is 4.39 Å². The molecule has 0 radical (unpaired) electrons. The van der Waals surface area contributed by atoms with Crippen LogP contribution in [0.4, 0.5) is 8.78 Å². The SMILES string of the molecule is NN=Cc1ccc(COc2cccc(F)c2F)cc1. The van der Waals surface area contributed by atoms with Crippen LogP contribution in [0.2, 0.25) is 0 Å². The van der Waals surface area contributed by atoms with Crippen molar-refractivity contribution in [1.82, 2.24) is 0 Å². The highest BCUT2D eigenvalue weighted by Gasteiger charge is 2.08. The van der Waals surface area contributed by atoms with Crippen molar-refractivity contribution >= 4 is 6.21 Å². The molecule has 2 aromatic rings. The molecule has 0 fully saturated rings. The lowest BCUT2D eigenvalue weighted by atomic mass is 10.1. The molecule has 0 amide bonds. The monoisotopic (exact) mass is 262 g/mol.